The number of nitrogen functional groups attached to an aromatic ring is 1. The van der Waals surface area contributed by atoms with Crippen LogP contribution in [0.1, 0.15) is 18.0 Å². The van der Waals surface area contributed by atoms with Gasteiger partial charge in [-0.15, -0.1) is 0 Å². The van der Waals surface area contributed by atoms with Crippen molar-refractivity contribution < 1.29 is 4.39 Å². The molecule has 2 aromatic carbocycles. The van der Waals surface area contributed by atoms with E-state index in [1.165, 1.54) is 6.08 Å². The Morgan fingerprint density at radius 2 is 1.82 bits per heavy atom. The number of hydrogen-bond donors (Lipinski definition) is 3. The minimum absolute atomic E-state index is 0.0669. The molecule has 5 rings (SSSR count). The number of benzene rings is 2. The fourth-order valence-electron chi connectivity index (χ4n) is 3.42. The molecule has 0 saturated heterocycles. The molecule has 0 radical (unpaired) electrons. The number of nitrogens with two attached hydrogens (primary N) is 1. The van der Waals surface area contributed by atoms with E-state index in [1.54, 1.807) is 6.08 Å². The second-order valence-electron chi connectivity index (χ2n) is 6.79. The van der Waals surface area contributed by atoms with Crippen molar-refractivity contribution in [3.05, 3.63) is 72.2 Å². The van der Waals surface area contributed by atoms with E-state index in [1.807, 2.05) is 48.5 Å². The molecule has 0 spiro atoms. The summed E-state index contributed by atoms with van der Waals surface area (Å²) in [6.45, 7) is 0. The predicted octanol–water partition coefficient (Wildman–Crippen LogP) is 4.49. The highest BCUT2D eigenvalue weighted by molar-refractivity contribution is 5.86. The molecule has 2 heterocycles. The fraction of sp³-hybridized carbons (Fsp3) is 0.0952. The zero-order chi connectivity index (χ0) is 19.1. The molecule has 0 amide bonds. The lowest BCUT2D eigenvalue weighted by molar-refractivity contribution is 0.641. The Balaban J connectivity index is 1.51. The predicted molar refractivity (Wildman–Crippen MR) is 107 cm³/mol. The highest BCUT2D eigenvalue weighted by Crippen LogP contribution is 2.32. The van der Waals surface area contributed by atoms with Crippen LogP contribution >= 0.6 is 0 Å². The first-order chi connectivity index (χ1) is 13.7. The Morgan fingerprint density at radius 1 is 1.00 bits per heavy atom. The Hall–Kier alpha value is -3.74. The lowest BCUT2D eigenvalue weighted by Crippen LogP contribution is -1.98. The number of nitrogens with zero attached hydrogens (tertiary/aromatic N) is 3. The second kappa shape index (κ2) is 6.45. The summed E-state index contributed by atoms with van der Waals surface area (Å²) in [7, 11) is 0. The summed E-state index contributed by atoms with van der Waals surface area (Å²) < 4.78 is 13.3. The first-order valence-electron chi connectivity index (χ1n) is 8.98. The van der Waals surface area contributed by atoms with E-state index in [4.69, 9.17) is 5.73 Å². The lowest BCUT2D eigenvalue weighted by Gasteiger charge is -2.12. The van der Waals surface area contributed by atoms with Gasteiger partial charge in [0.15, 0.2) is 11.6 Å². The molecule has 0 bridgehead atoms. The summed E-state index contributed by atoms with van der Waals surface area (Å²) in [5, 5.41) is 15.8. The number of anilines is 1. The van der Waals surface area contributed by atoms with E-state index in [-0.39, 0.29) is 11.7 Å². The van der Waals surface area contributed by atoms with Crippen LogP contribution in [0.3, 0.4) is 0 Å². The highest BCUT2D eigenvalue weighted by Gasteiger charge is 2.18. The number of hydrogen-bond acceptors (Lipinski definition) is 4. The smallest absolute Gasteiger partial charge is 0.181 e. The molecule has 7 heteroatoms. The maximum atomic E-state index is 13.3. The van der Waals surface area contributed by atoms with Gasteiger partial charge in [0, 0.05) is 28.1 Å². The van der Waals surface area contributed by atoms with Crippen LogP contribution in [0.5, 0.6) is 0 Å². The van der Waals surface area contributed by atoms with Crippen molar-refractivity contribution in [3.63, 3.8) is 0 Å². The Bertz CT molecular complexity index is 1220. The largest absolute Gasteiger partial charge is 0.399 e. The molecule has 28 heavy (non-hydrogen) atoms. The Kier molecular flexibility index (Phi) is 3.79. The average Bonchev–Trinajstić information content (AvgIpc) is 3.36. The molecule has 0 aliphatic heterocycles. The van der Waals surface area contributed by atoms with Crippen LogP contribution in [-0.2, 0) is 0 Å². The molecule has 4 N–H and O–H groups in total. The molecule has 138 valence electrons. The van der Waals surface area contributed by atoms with E-state index >= 15 is 0 Å². The van der Waals surface area contributed by atoms with Crippen LogP contribution in [0.2, 0.25) is 0 Å². The lowest BCUT2D eigenvalue weighted by atomic mass is 9.94. The monoisotopic (exact) mass is 372 g/mol. The number of H-pyrrole nitrogens is 2. The number of nitrogens with one attached hydrogen (secondary N) is 2. The first kappa shape index (κ1) is 16.4. The third-order valence-corrected chi connectivity index (χ3v) is 4.94. The molecule has 1 atom stereocenters. The van der Waals surface area contributed by atoms with Crippen LogP contribution in [-0.4, -0.2) is 25.4 Å². The Labute approximate surface area is 160 Å². The van der Waals surface area contributed by atoms with Crippen molar-refractivity contribution >= 4 is 16.6 Å². The normalized spacial score (nSPS) is 16.5. The fourth-order valence-corrected chi connectivity index (χ4v) is 3.42. The number of rotatable bonds is 3. The average molecular weight is 372 g/mol. The molecule has 6 nitrogen and oxygen atoms in total. The Morgan fingerprint density at radius 3 is 2.61 bits per heavy atom. The summed E-state index contributed by atoms with van der Waals surface area (Å²) >= 11 is 0. The number of aromatic nitrogens is 5. The molecule has 4 aromatic rings. The number of allylic oxidation sites excluding steroid dienone is 4. The van der Waals surface area contributed by atoms with Gasteiger partial charge < -0.3 is 5.73 Å². The van der Waals surface area contributed by atoms with Crippen LogP contribution in [0, 0.1) is 0 Å². The van der Waals surface area contributed by atoms with Crippen molar-refractivity contribution in [3.8, 4) is 22.8 Å². The van der Waals surface area contributed by atoms with Crippen molar-refractivity contribution in [2.24, 2.45) is 0 Å². The van der Waals surface area contributed by atoms with E-state index in [0.717, 1.165) is 27.7 Å². The van der Waals surface area contributed by atoms with Gasteiger partial charge in [0.2, 0.25) is 0 Å². The van der Waals surface area contributed by atoms with Crippen molar-refractivity contribution in [2.75, 3.05) is 5.73 Å². The molecular formula is C21H17FN6. The van der Waals surface area contributed by atoms with Gasteiger partial charge in [0.1, 0.15) is 5.83 Å². The number of fused-ring (bicyclic) bond motifs is 1. The maximum absolute atomic E-state index is 13.3. The summed E-state index contributed by atoms with van der Waals surface area (Å²) in [5.41, 5.74) is 10.1. The summed E-state index contributed by atoms with van der Waals surface area (Å²) in [6, 6.07) is 13.4. The summed E-state index contributed by atoms with van der Waals surface area (Å²) in [4.78, 5) is 4.61. The van der Waals surface area contributed by atoms with Crippen LogP contribution in [0.4, 0.5) is 10.1 Å². The van der Waals surface area contributed by atoms with Crippen molar-refractivity contribution in [1.82, 2.24) is 25.4 Å². The van der Waals surface area contributed by atoms with Crippen LogP contribution in [0.15, 0.2) is 66.5 Å². The molecule has 1 unspecified atom stereocenters. The van der Waals surface area contributed by atoms with Gasteiger partial charge in [0.05, 0.1) is 11.2 Å². The topological polar surface area (TPSA) is 96.3 Å². The van der Waals surface area contributed by atoms with E-state index in [0.29, 0.717) is 23.8 Å². The SMILES string of the molecule is Nc1ccc(-c2nc(-c3ccc4n[nH]c(C5C=CC(F)=CC5)c4c3)n[nH]2)cc1. The van der Waals surface area contributed by atoms with E-state index in [2.05, 4.69) is 25.4 Å². The molecule has 0 saturated carbocycles. The van der Waals surface area contributed by atoms with E-state index in [9.17, 15) is 4.39 Å². The summed E-state index contributed by atoms with van der Waals surface area (Å²) in [6.07, 6.45) is 5.56. The van der Waals surface area contributed by atoms with Crippen molar-refractivity contribution in [1.29, 1.82) is 0 Å². The van der Waals surface area contributed by atoms with Crippen LogP contribution < -0.4 is 5.73 Å². The zero-order valence-electron chi connectivity index (χ0n) is 14.9. The second-order valence-corrected chi connectivity index (χ2v) is 6.79. The van der Waals surface area contributed by atoms with E-state index < -0.39 is 0 Å². The van der Waals surface area contributed by atoms with Gasteiger partial charge in [-0.3, -0.25) is 10.2 Å². The van der Waals surface area contributed by atoms with Crippen molar-refractivity contribution in [2.45, 2.75) is 12.3 Å². The quantitative estimate of drug-likeness (QED) is 0.462. The minimum Gasteiger partial charge on any atom is -0.399 e. The molecule has 2 aromatic heterocycles. The number of halogens is 1. The van der Waals surface area contributed by atoms with Gasteiger partial charge in [-0.1, -0.05) is 6.08 Å². The van der Waals surface area contributed by atoms with Gasteiger partial charge in [-0.2, -0.15) is 10.2 Å². The van der Waals surface area contributed by atoms with Gasteiger partial charge >= 0.3 is 0 Å². The maximum Gasteiger partial charge on any atom is 0.181 e. The number of aromatic amines is 2. The standard InChI is InChI=1S/C21H17FN6/c22-15-6-1-12(2-7-15)19-17-11-14(5-10-18(17)25-26-19)21-24-20(27-28-21)13-3-8-16(23)9-4-13/h1,3-12H,2,23H2,(H,25,26)(H,24,27,28). The highest BCUT2D eigenvalue weighted by atomic mass is 19.1. The molecule has 0 fully saturated rings. The van der Waals surface area contributed by atoms with Gasteiger partial charge in [-0.25, -0.2) is 9.37 Å². The first-order valence-corrected chi connectivity index (χ1v) is 8.98. The van der Waals surface area contributed by atoms with Gasteiger partial charge in [0.25, 0.3) is 0 Å². The molecular weight excluding hydrogens is 355 g/mol. The van der Waals surface area contributed by atoms with Crippen LogP contribution in [0.25, 0.3) is 33.7 Å². The summed E-state index contributed by atoms with van der Waals surface area (Å²) in [5.74, 6) is 1.15. The third-order valence-electron chi connectivity index (χ3n) is 4.94. The third kappa shape index (κ3) is 2.87. The molecule has 1 aliphatic carbocycles. The van der Waals surface area contributed by atoms with Gasteiger partial charge in [-0.05, 0) is 61.0 Å². The minimum atomic E-state index is -0.198. The molecule has 1 aliphatic rings. The zero-order valence-corrected chi connectivity index (χ0v) is 14.9.